The molecule has 0 bridgehead atoms. The molecule has 124 valence electrons. The molecule has 0 atom stereocenters. The van der Waals surface area contributed by atoms with E-state index in [-0.39, 0.29) is 6.09 Å². The molecule has 5 heteroatoms. The van der Waals surface area contributed by atoms with Gasteiger partial charge in [-0.3, -0.25) is 4.98 Å². The van der Waals surface area contributed by atoms with E-state index in [4.69, 9.17) is 4.74 Å². The third-order valence-corrected chi connectivity index (χ3v) is 2.98. The summed E-state index contributed by atoms with van der Waals surface area (Å²) in [5.74, 6) is 0. The van der Waals surface area contributed by atoms with Crippen LogP contribution in [0.5, 0.6) is 0 Å². The average Bonchev–Trinajstić information content (AvgIpc) is 2.44. The van der Waals surface area contributed by atoms with Gasteiger partial charge in [-0.15, -0.1) is 0 Å². The van der Waals surface area contributed by atoms with Crippen LogP contribution in [-0.4, -0.2) is 29.8 Å². The summed E-state index contributed by atoms with van der Waals surface area (Å²) in [7, 11) is 0. The Kier molecular flexibility index (Phi) is 8.51. The number of unbranched alkanes of at least 4 members (excludes halogenated alkanes) is 3. The predicted molar refractivity (Wildman–Crippen MR) is 88.6 cm³/mol. The van der Waals surface area contributed by atoms with Crippen molar-refractivity contribution in [3.8, 4) is 0 Å². The Balaban J connectivity index is 1.89. The maximum absolute atomic E-state index is 11.4. The van der Waals surface area contributed by atoms with Gasteiger partial charge >= 0.3 is 6.09 Å². The van der Waals surface area contributed by atoms with Crippen molar-refractivity contribution in [3.05, 3.63) is 30.1 Å². The van der Waals surface area contributed by atoms with E-state index in [2.05, 4.69) is 15.6 Å². The van der Waals surface area contributed by atoms with Crippen molar-refractivity contribution >= 4 is 6.09 Å². The number of nitrogens with zero attached hydrogens (tertiary/aromatic N) is 1. The molecule has 0 saturated carbocycles. The summed E-state index contributed by atoms with van der Waals surface area (Å²) < 4.78 is 5.17. The number of hydrogen-bond donors (Lipinski definition) is 2. The van der Waals surface area contributed by atoms with E-state index in [0.717, 1.165) is 44.5 Å². The van der Waals surface area contributed by atoms with Gasteiger partial charge in [0.15, 0.2) is 0 Å². The fraction of sp³-hybridized carbons (Fsp3) is 0.647. The van der Waals surface area contributed by atoms with Gasteiger partial charge in [-0.1, -0.05) is 18.9 Å². The number of alkyl carbamates (subject to hydrolysis) is 1. The molecular formula is C17H29N3O2. The van der Waals surface area contributed by atoms with Gasteiger partial charge in [-0.05, 0) is 52.3 Å². The molecule has 0 aliphatic heterocycles. The van der Waals surface area contributed by atoms with Crippen LogP contribution < -0.4 is 10.6 Å². The molecule has 1 heterocycles. The highest BCUT2D eigenvalue weighted by atomic mass is 16.6. The summed E-state index contributed by atoms with van der Waals surface area (Å²) in [6, 6.07) is 5.95. The van der Waals surface area contributed by atoms with E-state index in [1.165, 1.54) is 0 Å². The van der Waals surface area contributed by atoms with Gasteiger partial charge in [0.05, 0.1) is 5.69 Å². The van der Waals surface area contributed by atoms with Crippen LogP contribution in [-0.2, 0) is 11.3 Å². The molecule has 0 aliphatic rings. The Morgan fingerprint density at radius 2 is 1.86 bits per heavy atom. The quantitative estimate of drug-likeness (QED) is 0.687. The van der Waals surface area contributed by atoms with Crippen molar-refractivity contribution in [2.75, 3.05) is 13.1 Å². The summed E-state index contributed by atoms with van der Waals surface area (Å²) in [4.78, 5) is 15.7. The average molecular weight is 307 g/mol. The van der Waals surface area contributed by atoms with Gasteiger partial charge in [0, 0.05) is 19.3 Å². The fourth-order valence-electron chi connectivity index (χ4n) is 1.95. The number of carbonyl (C=O) groups is 1. The molecule has 5 nitrogen and oxygen atoms in total. The van der Waals surface area contributed by atoms with E-state index in [9.17, 15) is 4.79 Å². The van der Waals surface area contributed by atoms with Crippen LogP contribution >= 0.6 is 0 Å². The molecular weight excluding hydrogens is 278 g/mol. The SMILES string of the molecule is CC(C)(C)OC(=O)NCCCCCCNCc1ccccn1. The number of aromatic nitrogens is 1. The molecule has 0 aliphatic carbocycles. The van der Waals surface area contributed by atoms with Gasteiger partial charge in [0.25, 0.3) is 0 Å². The molecule has 0 aromatic carbocycles. The topological polar surface area (TPSA) is 63.2 Å². The molecule has 1 amide bonds. The highest BCUT2D eigenvalue weighted by molar-refractivity contribution is 5.67. The van der Waals surface area contributed by atoms with Crippen molar-refractivity contribution in [2.24, 2.45) is 0 Å². The van der Waals surface area contributed by atoms with Gasteiger partial charge < -0.3 is 15.4 Å². The zero-order valence-corrected chi connectivity index (χ0v) is 14.0. The maximum Gasteiger partial charge on any atom is 0.407 e. The first-order valence-electron chi connectivity index (χ1n) is 8.05. The van der Waals surface area contributed by atoms with Crippen LogP contribution in [0.2, 0.25) is 0 Å². The van der Waals surface area contributed by atoms with E-state index < -0.39 is 5.60 Å². The second-order valence-corrected chi connectivity index (χ2v) is 6.34. The molecule has 1 aromatic heterocycles. The number of rotatable bonds is 9. The third kappa shape index (κ3) is 10.2. The zero-order chi connectivity index (χ0) is 16.3. The monoisotopic (exact) mass is 307 g/mol. The van der Waals surface area contributed by atoms with Crippen LogP contribution in [0, 0.1) is 0 Å². The lowest BCUT2D eigenvalue weighted by molar-refractivity contribution is 0.0527. The summed E-state index contributed by atoms with van der Waals surface area (Å²) in [5, 5.41) is 6.16. The van der Waals surface area contributed by atoms with Crippen LogP contribution in [0.3, 0.4) is 0 Å². The summed E-state index contributed by atoms with van der Waals surface area (Å²) in [5.41, 5.74) is 0.646. The Bertz CT molecular complexity index is 416. The van der Waals surface area contributed by atoms with Gasteiger partial charge in [0.2, 0.25) is 0 Å². The number of hydrogen-bond acceptors (Lipinski definition) is 4. The highest BCUT2D eigenvalue weighted by Gasteiger charge is 2.15. The first-order valence-corrected chi connectivity index (χ1v) is 8.05. The Hall–Kier alpha value is -1.62. The first kappa shape index (κ1) is 18.4. The van der Waals surface area contributed by atoms with Gasteiger partial charge in [0.1, 0.15) is 5.60 Å². The number of nitrogens with one attached hydrogen (secondary N) is 2. The number of pyridine rings is 1. The van der Waals surface area contributed by atoms with Gasteiger partial charge in [-0.25, -0.2) is 4.79 Å². The zero-order valence-electron chi connectivity index (χ0n) is 14.0. The predicted octanol–water partition coefficient (Wildman–Crippen LogP) is 3.26. The normalized spacial score (nSPS) is 11.2. The molecule has 0 saturated heterocycles. The molecule has 2 N–H and O–H groups in total. The van der Waals surface area contributed by atoms with Crippen molar-refractivity contribution in [1.29, 1.82) is 0 Å². The lowest BCUT2D eigenvalue weighted by Gasteiger charge is -2.19. The number of ether oxygens (including phenoxy) is 1. The molecule has 0 fully saturated rings. The van der Waals surface area contributed by atoms with Crippen LogP contribution in [0.1, 0.15) is 52.1 Å². The lowest BCUT2D eigenvalue weighted by atomic mass is 10.2. The Morgan fingerprint density at radius 3 is 2.50 bits per heavy atom. The number of amides is 1. The van der Waals surface area contributed by atoms with Crippen molar-refractivity contribution in [3.63, 3.8) is 0 Å². The molecule has 0 unspecified atom stereocenters. The Morgan fingerprint density at radius 1 is 1.14 bits per heavy atom. The second kappa shape index (κ2) is 10.2. The first-order chi connectivity index (χ1) is 10.5. The smallest absolute Gasteiger partial charge is 0.407 e. The molecule has 22 heavy (non-hydrogen) atoms. The van der Waals surface area contributed by atoms with E-state index in [1.54, 1.807) is 0 Å². The fourth-order valence-corrected chi connectivity index (χ4v) is 1.95. The molecule has 1 aromatic rings. The van der Waals surface area contributed by atoms with E-state index >= 15 is 0 Å². The van der Waals surface area contributed by atoms with E-state index in [1.807, 2.05) is 45.2 Å². The van der Waals surface area contributed by atoms with E-state index in [0.29, 0.717) is 6.54 Å². The number of carbonyl (C=O) groups excluding carboxylic acids is 1. The lowest BCUT2D eigenvalue weighted by Crippen LogP contribution is -2.32. The second-order valence-electron chi connectivity index (χ2n) is 6.34. The van der Waals surface area contributed by atoms with Crippen LogP contribution in [0.25, 0.3) is 0 Å². The largest absolute Gasteiger partial charge is 0.444 e. The molecule has 1 rings (SSSR count). The maximum atomic E-state index is 11.4. The Labute approximate surface area is 133 Å². The molecule has 0 spiro atoms. The highest BCUT2D eigenvalue weighted by Crippen LogP contribution is 2.06. The van der Waals surface area contributed by atoms with Crippen molar-refractivity contribution in [2.45, 2.75) is 58.6 Å². The third-order valence-electron chi connectivity index (χ3n) is 2.98. The summed E-state index contributed by atoms with van der Waals surface area (Å²) in [6.07, 6.45) is 5.88. The molecule has 0 radical (unpaired) electrons. The standard InChI is InChI=1S/C17H29N3O2/c1-17(2,3)22-16(21)20-13-8-5-4-7-11-18-14-15-10-6-9-12-19-15/h6,9-10,12,18H,4-5,7-8,11,13-14H2,1-3H3,(H,20,21). The minimum Gasteiger partial charge on any atom is -0.444 e. The van der Waals surface area contributed by atoms with Crippen molar-refractivity contribution < 1.29 is 9.53 Å². The summed E-state index contributed by atoms with van der Waals surface area (Å²) in [6.45, 7) is 8.09. The van der Waals surface area contributed by atoms with Gasteiger partial charge in [-0.2, -0.15) is 0 Å². The van der Waals surface area contributed by atoms with Crippen LogP contribution in [0.15, 0.2) is 24.4 Å². The summed E-state index contributed by atoms with van der Waals surface area (Å²) >= 11 is 0. The van der Waals surface area contributed by atoms with Crippen molar-refractivity contribution in [1.82, 2.24) is 15.6 Å². The minimum atomic E-state index is -0.427. The minimum absolute atomic E-state index is 0.329. The van der Waals surface area contributed by atoms with Crippen LogP contribution in [0.4, 0.5) is 4.79 Å².